The van der Waals surface area contributed by atoms with E-state index >= 15 is 0 Å². The summed E-state index contributed by atoms with van der Waals surface area (Å²) in [6.45, 7) is -0.0872. The van der Waals surface area contributed by atoms with Crippen LogP contribution in [-0.4, -0.2) is 17.2 Å². The Kier molecular flexibility index (Phi) is 5.13. The first-order valence-corrected chi connectivity index (χ1v) is 6.66. The molecule has 23 heavy (non-hydrogen) atoms. The molecule has 0 unspecified atom stereocenters. The van der Waals surface area contributed by atoms with Crippen molar-refractivity contribution in [3.8, 4) is 0 Å². The highest BCUT2D eigenvalue weighted by Gasteiger charge is 2.22. The minimum absolute atomic E-state index is 0.0872. The van der Waals surface area contributed by atoms with Crippen LogP contribution in [0.25, 0.3) is 0 Å². The Morgan fingerprint density at radius 1 is 1.17 bits per heavy atom. The number of carboxylic acid groups (broad SMARTS) is 1. The zero-order valence-electron chi connectivity index (χ0n) is 11.5. The number of benzene rings is 2. The zero-order chi connectivity index (χ0) is 17.0. The molecule has 1 amide bonds. The van der Waals surface area contributed by atoms with E-state index in [-0.39, 0.29) is 6.61 Å². The number of carboxylic acids is 1. The fourth-order valence-electron chi connectivity index (χ4n) is 1.72. The second-order valence-corrected chi connectivity index (χ2v) is 4.78. The minimum atomic E-state index is -1.56. The molecule has 0 aromatic heterocycles. The van der Waals surface area contributed by atoms with Gasteiger partial charge in [0.1, 0.15) is 6.61 Å². The van der Waals surface area contributed by atoms with Crippen LogP contribution >= 0.6 is 11.6 Å². The third-order valence-electron chi connectivity index (χ3n) is 2.83. The molecule has 2 aromatic carbocycles. The highest BCUT2D eigenvalue weighted by molar-refractivity contribution is 6.33. The van der Waals surface area contributed by atoms with Crippen LogP contribution in [0.5, 0.6) is 0 Å². The lowest BCUT2D eigenvalue weighted by atomic mass is 10.2. The van der Waals surface area contributed by atoms with Gasteiger partial charge in [-0.2, -0.15) is 0 Å². The maximum atomic E-state index is 13.7. The van der Waals surface area contributed by atoms with Crippen LogP contribution in [0.4, 0.5) is 19.3 Å². The molecule has 0 aliphatic rings. The summed E-state index contributed by atoms with van der Waals surface area (Å²) in [5.41, 5.74) is -0.664. The van der Waals surface area contributed by atoms with Crippen molar-refractivity contribution in [2.45, 2.75) is 6.61 Å². The monoisotopic (exact) mass is 341 g/mol. The average molecular weight is 342 g/mol. The lowest BCUT2D eigenvalue weighted by Crippen LogP contribution is -2.16. The molecule has 0 heterocycles. The molecule has 0 aliphatic heterocycles. The molecule has 0 fully saturated rings. The van der Waals surface area contributed by atoms with Crippen molar-refractivity contribution in [2.75, 3.05) is 5.32 Å². The van der Waals surface area contributed by atoms with E-state index in [4.69, 9.17) is 21.4 Å². The van der Waals surface area contributed by atoms with E-state index in [1.807, 2.05) is 5.32 Å². The van der Waals surface area contributed by atoms with Gasteiger partial charge in [0.05, 0.1) is 16.3 Å². The molecule has 8 heteroatoms. The predicted molar refractivity (Wildman–Crippen MR) is 78.6 cm³/mol. The highest BCUT2D eigenvalue weighted by atomic mass is 35.5. The molecular weight excluding hydrogens is 332 g/mol. The van der Waals surface area contributed by atoms with E-state index in [1.54, 1.807) is 30.3 Å². The van der Waals surface area contributed by atoms with E-state index in [2.05, 4.69) is 0 Å². The van der Waals surface area contributed by atoms with Crippen LogP contribution in [0.3, 0.4) is 0 Å². The SMILES string of the molecule is O=C(Nc1cc(C(=O)O)c(Cl)c(F)c1F)OCc1ccccc1. The summed E-state index contributed by atoms with van der Waals surface area (Å²) in [4.78, 5) is 22.5. The van der Waals surface area contributed by atoms with Gasteiger partial charge in [0.25, 0.3) is 0 Å². The number of amides is 1. The average Bonchev–Trinajstić information content (AvgIpc) is 2.54. The fraction of sp³-hybridized carbons (Fsp3) is 0.0667. The number of hydrogen-bond donors (Lipinski definition) is 2. The molecule has 0 atom stereocenters. The second-order valence-electron chi connectivity index (χ2n) is 4.41. The number of aromatic carboxylic acids is 1. The van der Waals surface area contributed by atoms with E-state index in [0.717, 1.165) is 0 Å². The Morgan fingerprint density at radius 2 is 1.83 bits per heavy atom. The van der Waals surface area contributed by atoms with E-state index in [0.29, 0.717) is 11.6 Å². The summed E-state index contributed by atoms with van der Waals surface area (Å²) in [7, 11) is 0. The Bertz CT molecular complexity index is 753. The van der Waals surface area contributed by atoms with Crippen molar-refractivity contribution in [1.82, 2.24) is 0 Å². The Balaban J connectivity index is 2.13. The van der Waals surface area contributed by atoms with Crippen LogP contribution in [0.1, 0.15) is 15.9 Å². The number of nitrogens with one attached hydrogen (secondary N) is 1. The lowest BCUT2D eigenvalue weighted by Gasteiger charge is -2.10. The first kappa shape index (κ1) is 16.7. The van der Waals surface area contributed by atoms with Gasteiger partial charge < -0.3 is 9.84 Å². The van der Waals surface area contributed by atoms with Crippen molar-refractivity contribution < 1.29 is 28.2 Å². The number of halogens is 3. The van der Waals surface area contributed by atoms with Gasteiger partial charge in [-0.15, -0.1) is 0 Å². The van der Waals surface area contributed by atoms with Crippen LogP contribution in [-0.2, 0) is 11.3 Å². The standard InChI is InChI=1S/C15H10ClF2NO4/c16-11-9(14(20)21)6-10(12(17)13(11)18)19-15(22)23-7-8-4-2-1-3-5-8/h1-6H,7H2,(H,19,22)(H,20,21). The van der Waals surface area contributed by atoms with Crippen molar-refractivity contribution in [2.24, 2.45) is 0 Å². The highest BCUT2D eigenvalue weighted by Crippen LogP contribution is 2.28. The number of carbonyl (C=O) groups is 2. The molecule has 2 rings (SSSR count). The summed E-state index contributed by atoms with van der Waals surface area (Å²) >= 11 is 5.40. The Hall–Kier alpha value is -2.67. The fourth-order valence-corrected chi connectivity index (χ4v) is 1.94. The molecule has 0 bridgehead atoms. The van der Waals surface area contributed by atoms with Gasteiger partial charge in [-0.3, -0.25) is 5.32 Å². The molecule has 0 aliphatic carbocycles. The van der Waals surface area contributed by atoms with Gasteiger partial charge in [-0.1, -0.05) is 41.9 Å². The first-order chi connectivity index (χ1) is 10.9. The summed E-state index contributed by atoms with van der Waals surface area (Å²) in [5, 5.41) is 9.94. The molecule has 5 nitrogen and oxygen atoms in total. The molecule has 0 radical (unpaired) electrons. The van der Waals surface area contributed by atoms with E-state index in [1.165, 1.54) is 0 Å². The lowest BCUT2D eigenvalue weighted by molar-refractivity contribution is 0.0696. The third-order valence-corrected chi connectivity index (χ3v) is 3.20. The van der Waals surface area contributed by atoms with Crippen molar-refractivity contribution in [3.05, 3.63) is 64.2 Å². The molecule has 0 saturated carbocycles. The minimum Gasteiger partial charge on any atom is -0.478 e. The smallest absolute Gasteiger partial charge is 0.412 e. The molecule has 120 valence electrons. The Morgan fingerprint density at radius 3 is 2.43 bits per heavy atom. The maximum absolute atomic E-state index is 13.7. The predicted octanol–water partition coefficient (Wildman–Crippen LogP) is 4.07. The number of ether oxygens (including phenoxy) is 1. The van der Waals surface area contributed by atoms with Crippen molar-refractivity contribution in [3.63, 3.8) is 0 Å². The number of anilines is 1. The number of hydrogen-bond acceptors (Lipinski definition) is 3. The topological polar surface area (TPSA) is 75.6 Å². The summed E-state index contributed by atoms with van der Waals surface area (Å²) in [6.07, 6.45) is -1.06. The molecule has 2 aromatic rings. The zero-order valence-corrected chi connectivity index (χ0v) is 12.2. The maximum Gasteiger partial charge on any atom is 0.412 e. The van der Waals surface area contributed by atoms with Crippen molar-refractivity contribution in [1.29, 1.82) is 0 Å². The van der Waals surface area contributed by atoms with Gasteiger partial charge in [0.2, 0.25) is 0 Å². The van der Waals surface area contributed by atoms with Gasteiger partial charge >= 0.3 is 12.1 Å². The molecule has 0 spiro atoms. The Labute approximate surface area is 134 Å². The quantitative estimate of drug-likeness (QED) is 0.822. The molecule has 0 saturated heterocycles. The van der Waals surface area contributed by atoms with E-state index in [9.17, 15) is 18.4 Å². The summed E-state index contributed by atoms with van der Waals surface area (Å²) in [5.74, 6) is -4.60. The number of rotatable bonds is 4. The van der Waals surface area contributed by atoms with Crippen LogP contribution in [0.2, 0.25) is 5.02 Å². The van der Waals surface area contributed by atoms with Crippen molar-refractivity contribution >= 4 is 29.4 Å². The molecule has 2 N–H and O–H groups in total. The van der Waals surface area contributed by atoms with Gasteiger partial charge in [-0.25, -0.2) is 18.4 Å². The first-order valence-electron chi connectivity index (χ1n) is 6.28. The van der Waals surface area contributed by atoms with Crippen LogP contribution in [0, 0.1) is 11.6 Å². The largest absolute Gasteiger partial charge is 0.478 e. The summed E-state index contributed by atoms with van der Waals surface area (Å²) < 4.78 is 32.1. The normalized spacial score (nSPS) is 10.2. The van der Waals surface area contributed by atoms with Gasteiger partial charge in [-0.05, 0) is 11.6 Å². The van der Waals surface area contributed by atoms with Crippen LogP contribution in [0.15, 0.2) is 36.4 Å². The second kappa shape index (κ2) is 7.06. The van der Waals surface area contributed by atoms with Gasteiger partial charge in [0, 0.05) is 0 Å². The van der Waals surface area contributed by atoms with E-state index < -0.39 is 40.0 Å². The number of carbonyl (C=O) groups excluding carboxylic acids is 1. The van der Waals surface area contributed by atoms with Crippen LogP contribution < -0.4 is 5.32 Å². The third kappa shape index (κ3) is 3.95. The van der Waals surface area contributed by atoms with Gasteiger partial charge in [0.15, 0.2) is 11.6 Å². The summed E-state index contributed by atoms with van der Waals surface area (Å²) in [6, 6.07) is 9.39. The molecular formula is C15H10ClF2NO4.